The highest BCUT2D eigenvalue weighted by Gasteiger charge is 2.14. The zero-order valence-electron chi connectivity index (χ0n) is 12.9. The molecule has 1 aliphatic rings. The summed E-state index contributed by atoms with van der Waals surface area (Å²) in [7, 11) is 0. The third kappa shape index (κ3) is 3.82. The van der Waals surface area contributed by atoms with Gasteiger partial charge in [0.1, 0.15) is 5.82 Å². The molecule has 0 unspecified atom stereocenters. The maximum absolute atomic E-state index is 5.45. The minimum absolute atomic E-state index is 0. The van der Waals surface area contributed by atoms with Crippen molar-refractivity contribution in [2.75, 3.05) is 16.0 Å². The fourth-order valence-corrected chi connectivity index (χ4v) is 2.00. The van der Waals surface area contributed by atoms with Gasteiger partial charge in [-0.1, -0.05) is 38.6 Å². The molecule has 0 atom stereocenters. The smallest absolute Gasteiger partial charge is 0.190 e. The number of rotatable bonds is 4. The van der Waals surface area contributed by atoms with Crippen LogP contribution in [0, 0.1) is 0 Å². The molecule has 0 saturated heterocycles. The lowest BCUT2D eigenvalue weighted by Gasteiger charge is -2.12. The Balaban J connectivity index is 0. The van der Waals surface area contributed by atoms with E-state index < -0.39 is 0 Å². The standard InChI is InChI=1S/C16H15N3O.C2H6.3H2/c1-11(17-13-6-4-3-5-7-13)18-14-8-9-15-16(10-14)20-12(2)19-15;1-2;;;/h3-10,17-19H,1-2H2;1-2H3;3*1H. The van der Waals surface area contributed by atoms with E-state index in [1.807, 2.05) is 62.4 Å². The molecule has 0 bridgehead atoms. The molecule has 120 valence electrons. The van der Waals surface area contributed by atoms with Crippen LogP contribution in [0.5, 0.6) is 5.75 Å². The first kappa shape index (κ1) is 15.5. The van der Waals surface area contributed by atoms with Gasteiger partial charge in [0.25, 0.3) is 0 Å². The van der Waals surface area contributed by atoms with E-state index in [9.17, 15) is 0 Å². The minimum atomic E-state index is 0. The SMILES string of the molecule is C=C(Nc1ccccc1)Nc1ccc2c(c1)OC(=C)N2.CC.[HH].[HH].[HH]. The fraction of sp³-hybridized carbons (Fsp3) is 0.111. The number of fused-ring (bicyclic) bond motifs is 1. The van der Waals surface area contributed by atoms with Gasteiger partial charge in [-0.05, 0) is 30.8 Å². The number of hydrogen-bond acceptors (Lipinski definition) is 4. The molecule has 22 heavy (non-hydrogen) atoms. The Hall–Kier alpha value is -2.88. The Morgan fingerprint density at radius 2 is 1.73 bits per heavy atom. The molecule has 4 heteroatoms. The number of para-hydroxylation sites is 1. The van der Waals surface area contributed by atoms with Crippen molar-refractivity contribution in [1.82, 2.24) is 0 Å². The van der Waals surface area contributed by atoms with Crippen molar-refractivity contribution in [3.63, 3.8) is 0 Å². The van der Waals surface area contributed by atoms with E-state index in [2.05, 4.69) is 29.1 Å². The van der Waals surface area contributed by atoms with Crippen LogP contribution in [-0.4, -0.2) is 0 Å². The minimum Gasteiger partial charge on any atom is -0.439 e. The molecule has 0 spiro atoms. The summed E-state index contributed by atoms with van der Waals surface area (Å²) >= 11 is 0. The summed E-state index contributed by atoms with van der Waals surface area (Å²) < 4.78 is 5.45. The molecule has 0 amide bonds. The Labute approximate surface area is 136 Å². The first-order valence-electron chi connectivity index (χ1n) is 7.26. The molecule has 2 aromatic carbocycles. The molecule has 1 heterocycles. The van der Waals surface area contributed by atoms with Gasteiger partial charge in [0.05, 0.1) is 5.69 Å². The third-order valence-electron chi connectivity index (χ3n) is 2.85. The summed E-state index contributed by atoms with van der Waals surface area (Å²) in [5.74, 6) is 1.99. The number of anilines is 3. The first-order valence-corrected chi connectivity index (χ1v) is 7.26. The zero-order chi connectivity index (χ0) is 15.9. The number of hydrogen-bond donors (Lipinski definition) is 3. The predicted octanol–water partition coefficient (Wildman–Crippen LogP) is 5.72. The second-order valence-corrected chi connectivity index (χ2v) is 4.46. The van der Waals surface area contributed by atoms with Gasteiger partial charge in [0, 0.05) is 21.7 Å². The third-order valence-corrected chi connectivity index (χ3v) is 2.85. The van der Waals surface area contributed by atoms with Gasteiger partial charge in [-0.25, -0.2) is 0 Å². The average Bonchev–Trinajstić information content (AvgIpc) is 2.89. The number of nitrogens with one attached hydrogen (secondary N) is 3. The van der Waals surface area contributed by atoms with Crippen molar-refractivity contribution >= 4 is 17.1 Å². The first-order chi connectivity index (χ1) is 10.7. The van der Waals surface area contributed by atoms with Gasteiger partial charge in [-0.2, -0.15) is 0 Å². The van der Waals surface area contributed by atoms with Crippen LogP contribution in [0.4, 0.5) is 17.1 Å². The van der Waals surface area contributed by atoms with E-state index in [1.54, 1.807) is 0 Å². The van der Waals surface area contributed by atoms with Gasteiger partial charge < -0.3 is 20.7 Å². The lowest BCUT2D eigenvalue weighted by atomic mass is 10.2. The van der Waals surface area contributed by atoms with Crippen molar-refractivity contribution in [3.05, 3.63) is 73.4 Å². The largest absolute Gasteiger partial charge is 0.439 e. The van der Waals surface area contributed by atoms with Gasteiger partial charge in [-0.15, -0.1) is 0 Å². The summed E-state index contributed by atoms with van der Waals surface area (Å²) in [4.78, 5) is 0. The van der Waals surface area contributed by atoms with Gasteiger partial charge in [0.2, 0.25) is 0 Å². The summed E-state index contributed by atoms with van der Waals surface area (Å²) in [6.07, 6.45) is 0. The van der Waals surface area contributed by atoms with E-state index >= 15 is 0 Å². The lowest BCUT2D eigenvalue weighted by molar-refractivity contribution is 0.460. The van der Waals surface area contributed by atoms with Crippen molar-refractivity contribution < 1.29 is 9.02 Å². The van der Waals surface area contributed by atoms with Crippen LogP contribution in [0.25, 0.3) is 0 Å². The van der Waals surface area contributed by atoms with Gasteiger partial charge in [0.15, 0.2) is 11.6 Å². The Morgan fingerprint density at radius 3 is 2.45 bits per heavy atom. The van der Waals surface area contributed by atoms with Crippen molar-refractivity contribution in [2.45, 2.75) is 13.8 Å². The quantitative estimate of drug-likeness (QED) is 0.675. The molecule has 0 fully saturated rings. The Morgan fingerprint density at radius 1 is 1.05 bits per heavy atom. The second-order valence-electron chi connectivity index (χ2n) is 4.46. The molecule has 4 nitrogen and oxygen atoms in total. The summed E-state index contributed by atoms with van der Waals surface area (Å²) in [6.45, 7) is 11.7. The summed E-state index contributed by atoms with van der Waals surface area (Å²) in [5.41, 5.74) is 2.80. The molecule has 0 saturated carbocycles. The molecule has 3 rings (SSSR count). The molecule has 2 aromatic rings. The van der Waals surface area contributed by atoms with E-state index in [0.29, 0.717) is 11.7 Å². The Bertz CT molecular complexity index is 679. The van der Waals surface area contributed by atoms with Crippen LogP contribution < -0.4 is 20.7 Å². The second kappa shape index (κ2) is 7.22. The van der Waals surface area contributed by atoms with Crippen LogP contribution in [0.2, 0.25) is 0 Å². The Kier molecular flexibility index (Phi) is 5.09. The molecule has 3 N–H and O–H groups in total. The normalized spacial score (nSPS) is 11.3. The van der Waals surface area contributed by atoms with Crippen LogP contribution >= 0.6 is 0 Å². The average molecular weight is 301 g/mol. The van der Waals surface area contributed by atoms with Crippen molar-refractivity contribution in [3.8, 4) is 5.75 Å². The molecule has 0 aliphatic carbocycles. The van der Waals surface area contributed by atoms with Gasteiger partial charge >= 0.3 is 0 Å². The topological polar surface area (TPSA) is 45.3 Å². The molecule has 1 aliphatic heterocycles. The van der Waals surface area contributed by atoms with E-state index in [0.717, 1.165) is 22.8 Å². The monoisotopic (exact) mass is 301 g/mol. The van der Waals surface area contributed by atoms with E-state index in [4.69, 9.17) is 4.74 Å². The molecular formula is C18H27N3O. The lowest BCUT2D eigenvalue weighted by Crippen LogP contribution is -2.07. The predicted molar refractivity (Wildman–Crippen MR) is 100 cm³/mol. The fourth-order valence-electron chi connectivity index (χ4n) is 2.00. The highest BCUT2D eigenvalue weighted by Crippen LogP contribution is 2.35. The maximum Gasteiger partial charge on any atom is 0.190 e. The summed E-state index contributed by atoms with van der Waals surface area (Å²) in [6, 6.07) is 15.7. The summed E-state index contributed by atoms with van der Waals surface area (Å²) in [5, 5.41) is 9.41. The van der Waals surface area contributed by atoms with Crippen LogP contribution in [0.3, 0.4) is 0 Å². The van der Waals surface area contributed by atoms with Crippen molar-refractivity contribution in [2.24, 2.45) is 0 Å². The molecular weight excluding hydrogens is 274 g/mol. The zero-order valence-corrected chi connectivity index (χ0v) is 12.9. The number of ether oxygens (including phenoxy) is 1. The molecule has 0 aromatic heterocycles. The molecule has 0 radical (unpaired) electrons. The van der Waals surface area contributed by atoms with Crippen LogP contribution in [0.15, 0.2) is 73.4 Å². The van der Waals surface area contributed by atoms with Crippen LogP contribution in [0.1, 0.15) is 18.1 Å². The van der Waals surface area contributed by atoms with Crippen LogP contribution in [-0.2, 0) is 0 Å². The highest BCUT2D eigenvalue weighted by atomic mass is 16.5. The van der Waals surface area contributed by atoms with Crippen molar-refractivity contribution in [1.29, 1.82) is 0 Å². The van der Waals surface area contributed by atoms with Gasteiger partial charge in [-0.3, -0.25) is 0 Å². The number of benzene rings is 2. The maximum atomic E-state index is 5.45. The van der Waals surface area contributed by atoms with E-state index in [1.165, 1.54) is 0 Å². The highest BCUT2D eigenvalue weighted by molar-refractivity contribution is 5.70. The van der Waals surface area contributed by atoms with E-state index in [-0.39, 0.29) is 4.28 Å².